The predicted molar refractivity (Wildman–Crippen MR) is 178 cm³/mol. The molecule has 1 aliphatic heterocycles. The lowest BCUT2D eigenvalue weighted by Crippen LogP contribution is -2.40. The summed E-state index contributed by atoms with van der Waals surface area (Å²) in [7, 11) is 0. The highest BCUT2D eigenvalue weighted by Crippen LogP contribution is 2.40. The molecule has 1 saturated carbocycles. The van der Waals surface area contributed by atoms with Crippen LogP contribution in [0.2, 0.25) is 0 Å². The lowest BCUT2D eigenvalue weighted by molar-refractivity contribution is 0.00491. The van der Waals surface area contributed by atoms with Crippen molar-refractivity contribution in [2.24, 2.45) is 0 Å². The molecule has 6 atom stereocenters. The van der Waals surface area contributed by atoms with Gasteiger partial charge in [0, 0.05) is 25.3 Å². The van der Waals surface area contributed by atoms with Gasteiger partial charge in [0.1, 0.15) is 23.9 Å². The van der Waals surface area contributed by atoms with Crippen molar-refractivity contribution in [3.63, 3.8) is 0 Å². The van der Waals surface area contributed by atoms with Gasteiger partial charge in [-0.05, 0) is 37.0 Å². The van der Waals surface area contributed by atoms with Crippen molar-refractivity contribution in [1.29, 1.82) is 0 Å². The summed E-state index contributed by atoms with van der Waals surface area (Å²) in [5.74, 6) is 0.793. The minimum Gasteiger partial charge on any atom is -0.394 e. The molecule has 1 aromatic carbocycles. The zero-order valence-corrected chi connectivity index (χ0v) is 26.5. The molecule has 7 rings (SSSR count). The average molecular weight is 671 g/mol. The Morgan fingerprint density at radius 2 is 1.86 bits per heavy atom. The lowest BCUT2D eigenvalue weighted by Gasteiger charge is -2.22. The van der Waals surface area contributed by atoms with Crippen molar-refractivity contribution in [3.8, 4) is 0 Å². The van der Waals surface area contributed by atoms with Gasteiger partial charge in [0.2, 0.25) is 5.95 Å². The number of pyridine rings is 1. The van der Waals surface area contributed by atoms with Gasteiger partial charge in [-0.25, -0.2) is 9.78 Å². The van der Waals surface area contributed by atoms with E-state index in [4.69, 9.17) is 9.97 Å². The Morgan fingerprint density at radius 3 is 2.61 bits per heavy atom. The van der Waals surface area contributed by atoms with Gasteiger partial charge in [-0.1, -0.05) is 30.3 Å². The molecule has 5 aromatic rings. The molecule has 17 heteroatoms. The largest absolute Gasteiger partial charge is 0.394 e. The highest BCUT2D eigenvalue weighted by atomic mass is 16.3. The number of aliphatic hydroxyl groups is 4. The number of aromatic nitrogens is 8. The molecule has 0 unspecified atom stereocenters. The number of nitrogens with zero attached hydrogens (tertiary/aromatic N) is 9. The van der Waals surface area contributed by atoms with Crippen LogP contribution < -0.4 is 20.9 Å². The van der Waals surface area contributed by atoms with Crippen LogP contribution in [0.4, 0.5) is 22.2 Å². The number of amides is 2. The first-order valence-electron chi connectivity index (χ1n) is 16.2. The summed E-state index contributed by atoms with van der Waals surface area (Å²) in [4.78, 5) is 34.4. The maximum absolute atomic E-state index is 12.7. The fourth-order valence-corrected chi connectivity index (χ4v) is 6.52. The molecule has 1 saturated heterocycles. The van der Waals surface area contributed by atoms with Gasteiger partial charge in [-0.15, -0.1) is 0 Å². The van der Waals surface area contributed by atoms with Crippen molar-refractivity contribution in [2.45, 2.75) is 62.2 Å². The van der Waals surface area contributed by atoms with Crippen molar-refractivity contribution in [3.05, 3.63) is 78.6 Å². The average Bonchev–Trinajstić information content (AvgIpc) is 3.93. The number of urea groups is 1. The molecule has 2 fully saturated rings. The Hall–Kier alpha value is -5.23. The Labute approximate surface area is 280 Å². The van der Waals surface area contributed by atoms with Crippen LogP contribution in [0.5, 0.6) is 0 Å². The molecule has 2 amide bonds. The molecule has 0 radical (unpaired) electrons. The van der Waals surface area contributed by atoms with E-state index in [1.54, 1.807) is 35.4 Å². The second kappa shape index (κ2) is 14.1. The third-order valence-corrected chi connectivity index (χ3v) is 9.01. The summed E-state index contributed by atoms with van der Waals surface area (Å²) in [6, 6.07) is 11.1. The van der Waals surface area contributed by atoms with E-state index in [-0.39, 0.29) is 31.7 Å². The van der Waals surface area contributed by atoms with Crippen LogP contribution in [0, 0.1) is 0 Å². The van der Waals surface area contributed by atoms with Crippen molar-refractivity contribution < 1.29 is 25.2 Å². The molecule has 1 aliphatic carbocycles. The predicted octanol–water partition coefficient (Wildman–Crippen LogP) is 0.629. The molecule has 4 aromatic heterocycles. The van der Waals surface area contributed by atoms with E-state index >= 15 is 0 Å². The second-order valence-electron chi connectivity index (χ2n) is 12.3. The number of aliphatic hydroxyl groups excluding tert-OH is 4. The Balaban J connectivity index is 1.17. The number of hydrogen-bond donors (Lipinski definition) is 7. The quantitative estimate of drug-likeness (QED) is 0.103. The van der Waals surface area contributed by atoms with E-state index < -0.39 is 30.3 Å². The number of carbonyl (C=O) groups is 1. The molecular formula is C32H38N12O5. The van der Waals surface area contributed by atoms with Crippen LogP contribution in [0.3, 0.4) is 0 Å². The van der Waals surface area contributed by atoms with Crippen LogP contribution in [0.25, 0.3) is 11.2 Å². The Bertz CT molecular complexity index is 1870. The zero-order valence-electron chi connectivity index (χ0n) is 26.5. The molecule has 17 nitrogen and oxygen atoms in total. The summed E-state index contributed by atoms with van der Waals surface area (Å²) in [6.45, 7) is 0.547. The number of benzene rings is 1. The van der Waals surface area contributed by atoms with Crippen LogP contribution in [0.1, 0.15) is 36.2 Å². The summed E-state index contributed by atoms with van der Waals surface area (Å²) in [5.41, 5.74) is 2.84. The number of anilines is 3. The normalized spacial score (nSPS) is 22.8. The Kier molecular flexibility index (Phi) is 9.30. The SMILES string of the molecule is O=C(Nc1cccnc1)N[C@@H]1CCN(c2nc(N[C@H](CO)Cc3ccccc3)c3ncn([C@@H]4C[C@H](n5ncc(CO)n5)[C@@H](O)[C@H]4O)c3n2)C1. The monoisotopic (exact) mass is 670 g/mol. The first-order valence-corrected chi connectivity index (χ1v) is 16.2. The fraction of sp³-hybridized carbons (Fsp3) is 0.406. The first kappa shape index (κ1) is 32.3. The smallest absolute Gasteiger partial charge is 0.319 e. The summed E-state index contributed by atoms with van der Waals surface area (Å²) < 4.78 is 1.73. The Morgan fingerprint density at radius 1 is 1.02 bits per heavy atom. The van der Waals surface area contributed by atoms with Crippen molar-refractivity contribution >= 4 is 34.6 Å². The molecule has 0 bridgehead atoms. The second-order valence-corrected chi connectivity index (χ2v) is 12.3. The van der Waals surface area contributed by atoms with Gasteiger partial charge < -0.3 is 45.8 Å². The minimum absolute atomic E-state index is 0.167. The summed E-state index contributed by atoms with van der Waals surface area (Å²) in [5, 5.41) is 59.7. The van der Waals surface area contributed by atoms with Gasteiger partial charge in [0.25, 0.3) is 0 Å². The van der Waals surface area contributed by atoms with Crippen molar-refractivity contribution in [1.82, 2.24) is 44.8 Å². The topological polar surface area (TPSA) is 225 Å². The molecule has 7 N–H and O–H groups in total. The number of nitrogens with one attached hydrogen (secondary N) is 3. The van der Waals surface area contributed by atoms with E-state index in [1.807, 2.05) is 35.2 Å². The van der Waals surface area contributed by atoms with Crippen LogP contribution >= 0.6 is 0 Å². The number of rotatable bonds is 11. The summed E-state index contributed by atoms with van der Waals surface area (Å²) >= 11 is 0. The molecule has 0 spiro atoms. The lowest BCUT2D eigenvalue weighted by atomic mass is 10.1. The third-order valence-electron chi connectivity index (χ3n) is 9.01. The number of fused-ring (bicyclic) bond motifs is 1. The van der Waals surface area contributed by atoms with Gasteiger partial charge in [0.05, 0.1) is 49.7 Å². The molecular weight excluding hydrogens is 632 g/mol. The van der Waals surface area contributed by atoms with Gasteiger partial charge in [-0.2, -0.15) is 25.0 Å². The minimum atomic E-state index is -1.19. The zero-order chi connectivity index (χ0) is 33.9. The standard InChI is InChI=1S/C32H38N12O5/c45-16-22(11-19-5-2-1-3-6-19)36-29-26-30(43(18-34-26)24-12-25(28(48)27(24)47)44-35-14-23(17-46)41-44)40-31(39-29)42-10-8-21(15-42)38-32(49)37-20-7-4-9-33-13-20/h1-7,9,13-14,18,21-22,24-25,27-28,45-48H,8,10-12,15-17H2,(H,36,39,40)(H2,37,38,49)/t21-,22+,24-,25+,27+,28-/m1/s1. The number of imidazole rings is 1. The maximum Gasteiger partial charge on any atom is 0.319 e. The van der Waals surface area contributed by atoms with Crippen LogP contribution in [-0.2, 0) is 13.0 Å². The van der Waals surface area contributed by atoms with Gasteiger partial charge in [-0.3, -0.25) is 4.98 Å². The van der Waals surface area contributed by atoms with E-state index in [0.717, 1.165) is 5.56 Å². The van der Waals surface area contributed by atoms with Crippen molar-refractivity contribution in [2.75, 3.05) is 35.2 Å². The highest BCUT2D eigenvalue weighted by molar-refractivity contribution is 5.89. The third kappa shape index (κ3) is 6.86. The molecule has 5 heterocycles. The van der Waals surface area contributed by atoms with E-state index in [0.29, 0.717) is 60.2 Å². The molecule has 256 valence electrons. The van der Waals surface area contributed by atoms with E-state index in [9.17, 15) is 25.2 Å². The molecule has 49 heavy (non-hydrogen) atoms. The maximum atomic E-state index is 12.7. The van der Waals surface area contributed by atoms with Gasteiger partial charge in [0.15, 0.2) is 17.0 Å². The van der Waals surface area contributed by atoms with E-state index in [2.05, 4.69) is 36.1 Å². The fourth-order valence-electron chi connectivity index (χ4n) is 6.52. The van der Waals surface area contributed by atoms with Gasteiger partial charge >= 0.3 is 6.03 Å². The van der Waals surface area contributed by atoms with Crippen LogP contribution in [-0.4, -0.2) is 110 Å². The highest BCUT2D eigenvalue weighted by Gasteiger charge is 2.45. The number of hydrogen-bond acceptors (Lipinski definition) is 13. The molecule has 2 aliphatic rings. The first-order chi connectivity index (χ1) is 23.9. The van der Waals surface area contributed by atoms with Crippen LogP contribution in [0.15, 0.2) is 67.4 Å². The summed E-state index contributed by atoms with van der Waals surface area (Å²) in [6.07, 6.45) is 5.26. The van der Waals surface area contributed by atoms with E-state index in [1.165, 1.54) is 11.0 Å². The number of carbonyl (C=O) groups excluding carboxylic acids is 1.